The van der Waals surface area contributed by atoms with Gasteiger partial charge in [0.05, 0.1) is 5.69 Å². The Morgan fingerprint density at radius 1 is 1.53 bits per heavy atom. The first kappa shape index (κ1) is 9.78. The van der Waals surface area contributed by atoms with Crippen molar-refractivity contribution >= 4 is 5.82 Å². The number of aromatic nitrogens is 2. The Morgan fingerprint density at radius 3 is 2.80 bits per heavy atom. The molecule has 4 heteroatoms. The van der Waals surface area contributed by atoms with Crippen LogP contribution in [0.25, 0.3) is 0 Å². The monoisotopic (exact) mass is 202 g/mol. The minimum atomic E-state index is 0.409. The van der Waals surface area contributed by atoms with Gasteiger partial charge < -0.3 is 5.32 Å². The van der Waals surface area contributed by atoms with Crippen LogP contribution in [0, 0.1) is 18.3 Å². The van der Waals surface area contributed by atoms with Crippen molar-refractivity contribution in [2.24, 2.45) is 7.05 Å². The molecule has 0 unspecified atom stereocenters. The minimum absolute atomic E-state index is 0.409. The van der Waals surface area contributed by atoms with Crippen LogP contribution < -0.4 is 5.32 Å². The molecule has 78 valence electrons. The molecule has 0 amide bonds. The summed E-state index contributed by atoms with van der Waals surface area (Å²) in [6.45, 7) is 1.86. The fourth-order valence-corrected chi connectivity index (χ4v) is 1.89. The van der Waals surface area contributed by atoms with Gasteiger partial charge in [0, 0.05) is 13.1 Å². The lowest BCUT2D eigenvalue weighted by molar-refractivity contribution is 0.721. The van der Waals surface area contributed by atoms with E-state index < -0.39 is 0 Å². The van der Waals surface area contributed by atoms with Crippen molar-refractivity contribution in [2.45, 2.75) is 25.8 Å². The summed E-state index contributed by atoms with van der Waals surface area (Å²) >= 11 is 0. The highest BCUT2D eigenvalue weighted by molar-refractivity contribution is 5.55. The lowest BCUT2D eigenvalue weighted by atomic mass is 10.2. The first-order chi connectivity index (χ1) is 7.22. The summed E-state index contributed by atoms with van der Waals surface area (Å²) in [7, 11) is 1.86. The molecule has 0 bridgehead atoms. The summed E-state index contributed by atoms with van der Waals surface area (Å²) in [5.41, 5.74) is 1.44. The quantitative estimate of drug-likeness (QED) is 0.743. The van der Waals surface area contributed by atoms with Crippen molar-refractivity contribution in [3.05, 3.63) is 23.4 Å². The van der Waals surface area contributed by atoms with E-state index in [9.17, 15) is 0 Å². The predicted molar refractivity (Wildman–Crippen MR) is 58.4 cm³/mol. The van der Waals surface area contributed by atoms with Gasteiger partial charge in [0.15, 0.2) is 0 Å². The third-order valence-corrected chi connectivity index (χ3v) is 2.68. The van der Waals surface area contributed by atoms with E-state index in [4.69, 9.17) is 5.26 Å². The molecule has 1 aromatic heterocycles. The first-order valence-electron chi connectivity index (χ1n) is 5.07. The fourth-order valence-electron chi connectivity index (χ4n) is 1.89. The second kappa shape index (κ2) is 3.77. The van der Waals surface area contributed by atoms with Gasteiger partial charge in [-0.15, -0.1) is 0 Å². The van der Waals surface area contributed by atoms with E-state index in [1.807, 2.05) is 14.0 Å². The van der Waals surface area contributed by atoms with Crippen molar-refractivity contribution in [2.75, 3.05) is 5.32 Å². The molecule has 0 aromatic carbocycles. The van der Waals surface area contributed by atoms with Crippen molar-refractivity contribution in [1.82, 2.24) is 9.78 Å². The summed E-state index contributed by atoms with van der Waals surface area (Å²) in [5, 5.41) is 16.6. The highest BCUT2D eigenvalue weighted by atomic mass is 15.3. The number of hydrogen-bond donors (Lipinski definition) is 1. The fraction of sp³-hybridized carbons (Fsp3) is 0.455. The molecule has 0 fully saturated rings. The molecule has 15 heavy (non-hydrogen) atoms. The Labute approximate surface area is 89.2 Å². The summed E-state index contributed by atoms with van der Waals surface area (Å²) < 4.78 is 1.74. The number of nitrogens with one attached hydrogen (secondary N) is 1. The van der Waals surface area contributed by atoms with Crippen LogP contribution >= 0.6 is 0 Å². The topological polar surface area (TPSA) is 53.6 Å². The normalized spacial score (nSPS) is 15.5. The molecule has 4 nitrogen and oxygen atoms in total. The number of nitrogens with zero attached hydrogens (tertiary/aromatic N) is 3. The smallest absolute Gasteiger partial charge is 0.142 e. The highest BCUT2D eigenvalue weighted by Gasteiger charge is 2.17. The van der Waals surface area contributed by atoms with Gasteiger partial charge in [0.2, 0.25) is 0 Å². The number of rotatable bonds is 2. The Kier molecular flexibility index (Phi) is 2.46. The zero-order valence-corrected chi connectivity index (χ0v) is 8.99. The summed E-state index contributed by atoms with van der Waals surface area (Å²) in [5.74, 6) is 0.837. The van der Waals surface area contributed by atoms with Gasteiger partial charge in [-0.2, -0.15) is 10.4 Å². The van der Waals surface area contributed by atoms with Gasteiger partial charge in [-0.3, -0.25) is 4.68 Å². The highest BCUT2D eigenvalue weighted by Crippen LogP contribution is 2.21. The second-order valence-electron chi connectivity index (χ2n) is 3.83. The molecular weight excluding hydrogens is 188 g/mol. The molecule has 2 rings (SSSR count). The van der Waals surface area contributed by atoms with Crippen LogP contribution in [0.3, 0.4) is 0 Å². The van der Waals surface area contributed by atoms with Crippen molar-refractivity contribution in [3.8, 4) is 6.07 Å². The van der Waals surface area contributed by atoms with Crippen molar-refractivity contribution in [3.63, 3.8) is 0 Å². The molecule has 1 aliphatic rings. The third kappa shape index (κ3) is 1.73. The average molecular weight is 202 g/mol. The van der Waals surface area contributed by atoms with Gasteiger partial charge in [-0.1, -0.05) is 12.2 Å². The second-order valence-corrected chi connectivity index (χ2v) is 3.83. The number of hydrogen-bond acceptors (Lipinski definition) is 3. The molecule has 0 atom stereocenters. The van der Waals surface area contributed by atoms with Gasteiger partial charge in [0.25, 0.3) is 0 Å². The standard InChI is InChI=1S/C11H14N4/c1-8-10(7-12)11(15(2)14-8)13-9-5-3-4-6-9/h3-4,9,13H,5-6H2,1-2H3. The summed E-state index contributed by atoms with van der Waals surface area (Å²) in [4.78, 5) is 0. The molecule has 0 spiro atoms. The zero-order chi connectivity index (χ0) is 10.8. The van der Waals surface area contributed by atoms with Gasteiger partial charge >= 0.3 is 0 Å². The van der Waals surface area contributed by atoms with Crippen LogP contribution in [0.2, 0.25) is 0 Å². The van der Waals surface area contributed by atoms with Gasteiger partial charge in [-0.25, -0.2) is 0 Å². The first-order valence-corrected chi connectivity index (χ1v) is 5.07. The molecule has 1 heterocycles. The SMILES string of the molecule is Cc1nn(C)c(NC2CC=CC2)c1C#N. The van der Waals surface area contributed by atoms with Crippen LogP contribution in [0.4, 0.5) is 5.82 Å². The van der Waals surface area contributed by atoms with Gasteiger partial charge in [-0.05, 0) is 19.8 Å². The van der Waals surface area contributed by atoms with E-state index in [2.05, 4.69) is 28.6 Å². The molecule has 1 N–H and O–H groups in total. The number of anilines is 1. The van der Waals surface area contributed by atoms with Gasteiger partial charge in [0.1, 0.15) is 17.5 Å². The van der Waals surface area contributed by atoms with Crippen LogP contribution in [-0.4, -0.2) is 15.8 Å². The van der Waals surface area contributed by atoms with E-state index in [-0.39, 0.29) is 0 Å². The van der Waals surface area contributed by atoms with Crippen molar-refractivity contribution < 1.29 is 0 Å². The largest absolute Gasteiger partial charge is 0.366 e. The predicted octanol–water partition coefficient (Wildman–Crippen LogP) is 1.73. The lowest BCUT2D eigenvalue weighted by Crippen LogP contribution is -2.18. The Hall–Kier alpha value is -1.76. The maximum atomic E-state index is 9.03. The van der Waals surface area contributed by atoms with Crippen molar-refractivity contribution in [1.29, 1.82) is 5.26 Å². The zero-order valence-electron chi connectivity index (χ0n) is 8.99. The average Bonchev–Trinajstić information content (AvgIpc) is 2.77. The van der Waals surface area contributed by atoms with E-state index in [1.165, 1.54) is 0 Å². The van der Waals surface area contributed by atoms with E-state index in [0.717, 1.165) is 24.4 Å². The molecule has 1 aromatic rings. The number of nitriles is 1. The molecule has 0 saturated heterocycles. The van der Waals surface area contributed by atoms with E-state index in [1.54, 1.807) is 4.68 Å². The molecule has 0 saturated carbocycles. The Bertz CT molecular complexity index is 428. The van der Waals surface area contributed by atoms with E-state index in [0.29, 0.717) is 11.6 Å². The number of aryl methyl sites for hydroxylation is 2. The van der Waals surface area contributed by atoms with E-state index >= 15 is 0 Å². The van der Waals surface area contributed by atoms with Crippen LogP contribution in [0.5, 0.6) is 0 Å². The maximum Gasteiger partial charge on any atom is 0.142 e. The molecule has 1 aliphatic carbocycles. The Balaban J connectivity index is 2.23. The molecule has 0 radical (unpaired) electrons. The van der Waals surface area contributed by atoms with Crippen LogP contribution in [-0.2, 0) is 7.05 Å². The van der Waals surface area contributed by atoms with Crippen LogP contribution in [0.1, 0.15) is 24.1 Å². The maximum absolute atomic E-state index is 9.03. The minimum Gasteiger partial charge on any atom is -0.366 e. The molecular formula is C11H14N4. The summed E-state index contributed by atoms with van der Waals surface area (Å²) in [6.07, 6.45) is 6.37. The lowest BCUT2D eigenvalue weighted by Gasteiger charge is -2.13. The Morgan fingerprint density at radius 2 is 2.20 bits per heavy atom. The third-order valence-electron chi connectivity index (χ3n) is 2.68. The van der Waals surface area contributed by atoms with Crippen LogP contribution in [0.15, 0.2) is 12.2 Å². The molecule has 0 aliphatic heterocycles. The summed E-state index contributed by atoms with van der Waals surface area (Å²) in [6, 6.07) is 2.60.